The Bertz CT molecular complexity index is 1390. The van der Waals surface area contributed by atoms with Crippen LogP contribution in [0, 0.1) is 0 Å². The smallest absolute Gasteiger partial charge is 0.336 e. The lowest BCUT2D eigenvalue weighted by molar-refractivity contribution is 0.102. The second kappa shape index (κ2) is 10.6. The number of benzene rings is 3. The number of amides is 3. The number of sulfonamides is 1. The molecule has 0 radical (unpaired) electrons. The van der Waals surface area contributed by atoms with Gasteiger partial charge in [0.15, 0.2) is 0 Å². The van der Waals surface area contributed by atoms with Crippen LogP contribution in [0.15, 0.2) is 76.5 Å². The molecule has 0 saturated carbocycles. The van der Waals surface area contributed by atoms with Crippen molar-refractivity contribution in [2.45, 2.75) is 16.3 Å². The molecule has 0 unspecified atom stereocenters. The molecular formula is C25H27N5O4S2. The monoisotopic (exact) mass is 525 g/mol. The molecule has 0 saturated heterocycles. The largest absolute Gasteiger partial charge is 0.397 e. The van der Waals surface area contributed by atoms with Crippen LogP contribution in [0.25, 0.3) is 0 Å². The quantitative estimate of drug-likeness (QED) is 0.301. The van der Waals surface area contributed by atoms with Crippen LogP contribution in [0.1, 0.15) is 15.9 Å². The summed E-state index contributed by atoms with van der Waals surface area (Å²) in [6, 6.07) is 17.6. The van der Waals surface area contributed by atoms with Gasteiger partial charge in [0.2, 0.25) is 0 Å². The maximum Gasteiger partial charge on any atom is 0.336 e. The number of hydrogen-bond donors (Lipinski definition) is 3. The van der Waals surface area contributed by atoms with Crippen molar-refractivity contribution in [3.05, 3.63) is 77.9 Å². The van der Waals surface area contributed by atoms with Crippen LogP contribution in [-0.2, 0) is 16.6 Å². The molecule has 3 amide bonds. The van der Waals surface area contributed by atoms with Gasteiger partial charge >= 0.3 is 6.03 Å². The van der Waals surface area contributed by atoms with Gasteiger partial charge < -0.3 is 21.3 Å². The first-order valence-corrected chi connectivity index (χ1v) is 13.6. The van der Waals surface area contributed by atoms with E-state index in [4.69, 9.17) is 5.73 Å². The molecule has 0 atom stereocenters. The molecule has 3 aromatic carbocycles. The third-order valence-electron chi connectivity index (χ3n) is 5.55. The Labute approximate surface area is 214 Å². The van der Waals surface area contributed by atoms with Gasteiger partial charge in [0, 0.05) is 22.8 Å². The van der Waals surface area contributed by atoms with E-state index in [1.165, 1.54) is 0 Å². The predicted molar refractivity (Wildman–Crippen MR) is 143 cm³/mol. The molecule has 0 bridgehead atoms. The maximum atomic E-state index is 13.3. The van der Waals surface area contributed by atoms with E-state index in [1.807, 2.05) is 14.1 Å². The first kappa shape index (κ1) is 25.5. The molecule has 188 valence electrons. The molecule has 1 aliphatic heterocycles. The zero-order valence-corrected chi connectivity index (χ0v) is 21.5. The Kier molecular flexibility index (Phi) is 7.53. The summed E-state index contributed by atoms with van der Waals surface area (Å²) in [5.41, 5.74) is 8.02. The van der Waals surface area contributed by atoms with Crippen LogP contribution < -0.4 is 16.4 Å². The minimum Gasteiger partial charge on any atom is -0.397 e. The first-order chi connectivity index (χ1) is 17.1. The van der Waals surface area contributed by atoms with Gasteiger partial charge in [0.05, 0.1) is 23.6 Å². The number of nitrogens with zero attached hydrogens (tertiary/aromatic N) is 2. The van der Waals surface area contributed by atoms with E-state index in [0.717, 1.165) is 21.5 Å². The maximum absolute atomic E-state index is 13.3. The Balaban J connectivity index is 1.49. The van der Waals surface area contributed by atoms with Crippen molar-refractivity contribution in [3.8, 4) is 0 Å². The minimum absolute atomic E-state index is 0.0633. The van der Waals surface area contributed by atoms with E-state index < -0.39 is 16.1 Å². The van der Waals surface area contributed by atoms with Gasteiger partial charge in [-0.2, -0.15) is 0 Å². The standard InChI is InChI=1S/C25H27N5O4S2/c1-29(2)13-14-35-19-11-12-22-23(15-19)36(33,34)30(25(32)28-22)16-17-7-9-18(10-8-17)24(31)27-21-6-4-3-5-20(21)26/h3-12,15H,13-14,16,26H2,1-2H3,(H,27,31)(H,28,32). The van der Waals surface area contributed by atoms with Crippen LogP contribution in [-0.4, -0.2) is 56.0 Å². The lowest BCUT2D eigenvalue weighted by Gasteiger charge is -2.29. The van der Waals surface area contributed by atoms with Crippen molar-refractivity contribution in [1.82, 2.24) is 9.21 Å². The molecule has 0 aliphatic carbocycles. The summed E-state index contributed by atoms with van der Waals surface area (Å²) in [5, 5.41) is 5.41. The highest BCUT2D eigenvalue weighted by Crippen LogP contribution is 2.34. The number of carbonyl (C=O) groups excluding carboxylic acids is 2. The number of nitrogens with two attached hydrogens (primary N) is 1. The number of nitrogen functional groups attached to an aromatic ring is 1. The molecule has 3 aromatic rings. The number of fused-ring (bicyclic) bond motifs is 1. The molecule has 36 heavy (non-hydrogen) atoms. The van der Waals surface area contributed by atoms with Crippen molar-refractivity contribution < 1.29 is 18.0 Å². The molecule has 11 heteroatoms. The number of hydrogen-bond acceptors (Lipinski definition) is 7. The fourth-order valence-corrected chi connectivity index (χ4v) is 6.18. The fourth-order valence-electron chi connectivity index (χ4n) is 3.55. The molecular weight excluding hydrogens is 498 g/mol. The normalized spacial score (nSPS) is 14.3. The summed E-state index contributed by atoms with van der Waals surface area (Å²) in [4.78, 5) is 28.2. The van der Waals surface area contributed by atoms with E-state index in [2.05, 4.69) is 15.5 Å². The average Bonchev–Trinajstić information content (AvgIpc) is 2.84. The van der Waals surface area contributed by atoms with Gasteiger partial charge in [-0.15, -0.1) is 11.8 Å². The van der Waals surface area contributed by atoms with E-state index in [-0.39, 0.29) is 23.0 Å². The predicted octanol–water partition coefficient (Wildman–Crippen LogP) is 3.91. The summed E-state index contributed by atoms with van der Waals surface area (Å²) < 4.78 is 27.5. The average molecular weight is 526 g/mol. The van der Waals surface area contributed by atoms with E-state index >= 15 is 0 Å². The summed E-state index contributed by atoms with van der Waals surface area (Å²) in [7, 11) is -0.110. The molecule has 4 N–H and O–H groups in total. The summed E-state index contributed by atoms with van der Waals surface area (Å²) in [6.45, 7) is 0.684. The SMILES string of the molecule is CN(C)CCSc1ccc2c(c1)S(=O)(=O)N(Cc1ccc(C(=O)Nc3ccccc3N)cc1)C(=O)N2. The third kappa shape index (κ3) is 5.64. The topological polar surface area (TPSA) is 125 Å². The van der Waals surface area contributed by atoms with Crippen LogP contribution >= 0.6 is 11.8 Å². The highest BCUT2D eigenvalue weighted by Gasteiger charge is 2.36. The molecule has 1 heterocycles. The zero-order valence-electron chi connectivity index (χ0n) is 19.9. The lowest BCUT2D eigenvalue weighted by atomic mass is 10.1. The molecule has 0 fully saturated rings. The van der Waals surface area contributed by atoms with Crippen molar-refractivity contribution in [3.63, 3.8) is 0 Å². The highest BCUT2D eigenvalue weighted by molar-refractivity contribution is 7.99. The summed E-state index contributed by atoms with van der Waals surface area (Å²) in [5.74, 6) is 0.453. The summed E-state index contributed by atoms with van der Waals surface area (Å²) >= 11 is 1.55. The fraction of sp³-hybridized carbons (Fsp3) is 0.200. The van der Waals surface area contributed by atoms with Crippen LogP contribution in [0.2, 0.25) is 0 Å². The number of para-hydroxylation sites is 2. The highest BCUT2D eigenvalue weighted by atomic mass is 32.2. The molecule has 0 aromatic heterocycles. The number of rotatable bonds is 8. The van der Waals surface area contributed by atoms with Gasteiger partial charge in [-0.25, -0.2) is 17.5 Å². The second-order valence-electron chi connectivity index (χ2n) is 8.49. The van der Waals surface area contributed by atoms with Crippen molar-refractivity contribution >= 4 is 50.8 Å². The van der Waals surface area contributed by atoms with Crippen LogP contribution in [0.5, 0.6) is 0 Å². The van der Waals surface area contributed by atoms with E-state index in [9.17, 15) is 18.0 Å². The molecule has 4 rings (SSSR count). The van der Waals surface area contributed by atoms with Gasteiger partial charge in [-0.1, -0.05) is 24.3 Å². The van der Waals surface area contributed by atoms with Crippen molar-refractivity contribution in [2.24, 2.45) is 0 Å². The van der Waals surface area contributed by atoms with Gasteiger partial charge in [0.1, 0.15) is 4.90 Å². The number of anilines is 3. The zero-order chi connectivity index (χ0) is 25.9. The Hall–Kier alpha value is -3.54. The minimum atomic E-state index is -4.06. The molecule has 1 aliphatic rings. The third-order valence-corrected chi connectivity index (χ3v) is 8.29. The van der Waals surface area contributed by atoms with E-state index in [1.54, 1.807) is 78.5 Å². The van der Waals surface area contributed by atoms with Gasteiger partial charge in [0.25, 0.3) is 15.9 Å². The first-order valence-electron chi connectivity index (χ1n) is 11.2. The second-order valence-corrected chi connectivity index (χ2v) is 11.5. The van der Waals surface area contributed by atoms with Gasteiger partial charge in [-0.05, 0) is 62.1 Å². The summed E-state index contributed by atoms with van der Waals surface area (Å²) in [6.07, 6.45) is 0. The van der Waals surface area contributed by atoms with Crippen LogP contribution in [0.4, 0.5) is 21.9 Å². The van der Waals surface area contributed by atoms with Gasteiger partial charge in [-0.3, -0.25) is 4.79 Å². The van der Waals surface area contributed by atoms with Crippen LogP contribution in [0.3, 0.4) is 0 Å². The number of thioether (sulfide) groups is 1. The Morgan fingerprint density at radius 1 is 1.08 bits per heavy atom. The Morgan fingerprint density at radius 2 is 1.81 bits per heavy atom. The van der Waals surface area contributed by atoms with E-state index in [0.29, 0.717) is 22.5 Å². The molecule has 9 nitrogen and oxygen atoms in total. The number of nitrogens with one attached hydrogen (secondary N) is 2. The van der Waals surface area contributed by atoms with Crippen molar-refractivity contribution in [1.29, 1.82) is 0 Å². The molecule has 0 spiro atoms. The van der Waals surface area contributed by atoms with Crippen molar-refractivity contribution in [2.75, 3.05) is 42.8 Å². The Morgan fingerprint density at radius 3 is 2.50 bits per heavy atom. The lowest BCUT2D eigenvalue weighted by Crippen LogP contribution is -2.43. The number of urea groups is 1. The number of carbonyl (C=O) groups is 2.